The molecule has 112 valence electrons. The van der Waals surface area contributed by atoms with Crippen LogP contribution in [-0.2, 0) is 14.8 Å². The molecule has 0 aliphatic carbocycles. The van der Waals surface area contributed by atoms with E-state index in [-0.39, 0.29) is 27.6 Å². The van der Waals surface area contributed by atoms with Gasteiger partial charge in [0, 0.05) is 26.7 Å². The number of nitrogens with zero attached hydrogens (tertiary/aromatic N) is 1. The monoisotopic (exact) mass is 338 g/mol. The molecule has 8 heteroatoms. The highest BCUT2D eigenvalue weighted by Crippen LogP contribution is 2.31. The van der Waals surface area contributed by atoms with Gasteiger partial charge in [0.2, 0.25) is 10.0 Å². The molecule has 0 spiro atoms. The van der Waals surface area contributed by atoms with Gasteiger partial charge >= 0.3 is 0 Å². The largest absolute Gasteiger partial charge is 0.374 e. The fourth-order valence-corrected chi connectivity index (χ4v) is 4.29. The van der Waals surface area contributed by atoms with Crippen molar-refractivity contribution in [1.29, 1.82) is 0 Å². The van der Waals surface area contributed by atoms with Crippen molar-refractivity contribution in [3.05, 3.63) is 28.2 Å². The van der Waals surface area contributed by atoms with Crippen LogP contribution in [0.2, 0.25) is 10.0 Å². The van der Waals surface area contributed by atoms with Gasteiger partial charge < -0.3 is 10.1 Å². The van der Waals surface area contributed by atoms with Crippen molar-refractivity contribution in [2.75, 3.05) is 33.3 Å². The van der Waals surface area contributed by atoms with Crippen LogP contribution in [0.25, 0.3) is 0 Å². The summed E-state index contributed by atoms with van der Waals surface area (Å²) in [6, 6.07) is 4.62. The molecular weight excluding hydrogens is 323 g/mol. The second-order valence-corrected chi connectivity index (χ2v) is 7.33. The smallest absolute Gasteiger partial charge is 0.245 e. The van der Waals surface area contributed by atoms with Crippen molar-refractivity contribution in [3.63, 3.8) is 0 Å². The van der Waals surface area contributed by atoms with E-state index < -0.39 is 10.0 Å². The standard InChI is InChI=1S/C12H16Cl2N2O3S/c1-16(8-9-7-15-5-6-19-9)20(17,18)12-10(13)3-2-4-11(12)14/h2-4,9,15H,5-8H2,1H3. The third kappa shape index (κ3) is 3.44. The number of halogens is 2. The molecule has 1 unspecified atom stereocenters. The van der Waals surface area contributed by atoms with E-state index in [4.69, 9.17) is 27.9 Å². The minimum absolute atomic E-state index is 0.0606. The minimum Gasteiger partial charge on any atom is -0.374 e. The molecule has 1 aromatic carbocycles. The molecule has 0 saturated carbocycles. The second-order valence-electron chi connectivity index (χ2n) is 4.53. The molecule has 1 aromatic rings. The number of ether oxygens (including phenoxy) is 1. The van der Waals surface area contributed by atoms with Crippen LogP contribution < -0.4 is 5.32 Å². The maximum absolute atomic E-state index is 12.5. The quantitative estimate of drug-likeness (QED) is 0.905. The highest BCUT2D eigenvalue weighted by atomic mass is 35.5. The Morgan fingerprint density at radius 2 is 2.05 bits per heavy atom. The molecule has 0 amide bonds. The van der Waals surface area contributed by atoms with Gasteiger partial charge in [-0.05, 0) is 12.1 Å². The van der Waals surface area contributed by atoms with E-state index in [9.17, 15) is 8.42 Å². The normalized spacial score (nSPS) is 20.3. The summed E-state index contributed by atoms with van der Waals surface area (Å²) in [6.45, 7) is 2.22. The lowest BCUT2D eigenvalue weighted by Gasteiger charge is -2.28. The van der Waals surface area contributed by atoms with Crippen LogP contribution in [0.1, 0.15) is 0 Å². The van der Waals surface area contributed by atoms with E-state index >= 15 is 0 Å². The molecule has 0 aromatic heterocycles. The summed E-state index contributed by atoms with van der Waals surface area (Å²) in [4.78, 5) is -0.0606. The van der Waals surface area contributed by atoms with Gasteiger partial charge in [-0.25, -0.2) is 8.42 Å². The van der Waals surface area contributed by atoms with Gasteiger partial charge in [-0.15, -0.1) is 0 Å². The average Bonchev–Trinajstić information content (AvgIpc) is 2.39. The number of hydrogen-bond donors (Lipinski definition) is 1. The van der Waals surface area contributed by atoms with Crippen LogP contribution in [0.4, 0.5) is 0 Å². The number of rotatable bonds is 4. The van der Waals surface area contributed by atoms with Gasteiger partial charge in [0.1, 0.15) is 4.90 Å². The number of nitrogens with one attached hydrogen (secondary N) is 1. The Kier molecular flexibility index (Phi) is 5.28. The summed E-state index contributed by atoms with van der Waals surface area (Å²) in [5.74, 6) is 0. The van der Waals surface area contributed by atoms with Crippen LogP contribution in [0.5, 0.6) is 0 Å². The lowest BCUT2D eigenvalue weighted by molar-refractivity contribution is 0.0206. The third-order valence-electron chi connectivity index (χ3n) is 3.05. The molecule has 20 heavy (non-hydrogen) atoms. The topological polar surface area (TPSA) is 58.6 Å². The van der Waals surface area contributed by atoms with E-state index in [0.717, 1.165) is 6.54 Å². The number of hydrogen-bond acceptors (Lipinski definition) is 4. The summed E-state index contributed by atoms with van der Waals surface area (Å²) in [6.07, 6.45) is -0.176. The molecule has 1 aliphatic heterocycles. The molecule has 2 rings (SSSR count). The minimum atomic E-state index is -3.74. The molecule has 0 bridgehead atoms. The highest BCUT2D eigenvalue weighted by Gasteiger charge is 2.29. The summed E-state index contributed by atoms with van der Waals surface area (Å²) < 4.78 is 31.8. The van der Waals surface area contributed by atoms with E-state index in [1.165, 1.54) is 23.5 Å². The number of morpholine rings is 1. The first-order valence-corrected chi connectivity index (χ1v) is 8.35. The van der Waals surface area contributed by atoms with Crippen molar-refractivity contribution in [3.8, 4) is 0 Å². The Morgan fingerprint density at radius 3 is 2.60 bits per heavy atom. The summed E-state index contributed by atoms with van der Waals surface area (Å²) >= 11 is 11.9. The molecule has 1 saturated heterocycles. The van der Waals surface area contributed by atoms with Crippen LogP contribution in [0.15, 0.2) is 23.1 Å². The summed E-state index contributed by atoms with van der Waals surface area (Å²) in [7, 11) is -2.25. The first kappa shape index (κ1) is 16.0. The van der Waals surface area contributed by atoms with Crippen LogP contribution in [0.3, 0.4) is 0 Å². The molecular formula is C12H16Cl2N2O3S. The zero-order valence-electron chi connectivity index (χ0n) is 11.0. The van der Waals surface area contributed by atoms with E-state index in [1.54, 1.807) is 6.07 Å². The zero-order chi connectivity index (χ0) is 14.8. The van der Waals surface area contributed by atoms with Gasteiger partial charge in [0.25, 0.3) is 0 Å². The zero-order valence-corrected chi connectivity index (χ0v) is 13.3. The number of likely N-dealkylation sites (N-methyl/N-ethyl adjacent to an activating group) is 1. The molecule has 1 fully saturated rings. The Bertz CT molecular complexity index is 554. The average molecular weight is 339 g/mol. The Balaban J connectivity index is 2.21. The molecule has 5 nitrogen and oxygen atoms in total. The van der Waals surface area contributed by atoms with Crippen molar-refractivity contribution in [2.24, 2.45) is 0 Å². The first-order chi connectivity index (χ1) is 9.43. The maximum atomic E-state index is 12.5. The van der Waals surface area contributed by atoms with E-state index in [1.807, 2.05) is 0 Å². The molecule has 1 heterocycles. The van der Waals surface area contributed by atoms with E-state index in [0.29, 0.717) is 13.2 Å². The highest BCUT2D eigenvalue weighted by molar-refractivity contribution is 7.89. The van der Waals surface area contributed by atoms with Gasteiger partial charge in [0.05, 0.1) is 22.8 Å². The Hall–Kier alpha value is -0.370. The third-order valence-corrected chi connectivity index (χ3v) is 5.83. The van der Waals surface area contributed by atoms with Crippen molar-refractivity contribution >= 4 is 33.2 Å². The van der Waals surface area contributed by atoms with Gasteiger partial charge in [-0.1, -0.05) is 29.3 Å². The lowest BCUT2D eigenvalue weighted by Crippen LogP contribution is -2.45. The summed E-state index contributed by atoms with van der Waals surface area (Å²) in [5, 5.41) is 3.39. The maximum Gasteiger partial charge on any atom is 0.245 e. The van der Waals surface area contributed by atoms with Crippen molar-refractivity contribution in [2.45, 2.75) is 11.0 Å². The van der Waals surface area contributed by atoms with Gasteiger partial charge in [-0.2, -0.15) is 4.31 Å². The van der Waals surface area contributed by atoms with Crippen LogP contribution in [-0.4, -0.2) is 52.1 Å². The predicted molar refractivity (Wildman–Crippen MR) is 78.9 cm³/mol. The first-order valence-electron chi connectivity index (χ1n) is 6.15. The Morgan fingerprint density at radius 1 is 1.40 bits per heavy atom. The number of benzene rings is 1. The molecule has 1 aliphatic rings. The summed E-state index contributed by atoms with van der Waals surface area (Å²) in [5.41, 5.74) is 0. The second kappa shape index (κ2) is 6.60. The predicted octanol–water partition coefficient (Wildman–Crippen LogP) is 1.60. The number of sulfonamides is 1. The SMILES string of the molecule is CN(CC1CNCCO1)S(=O)(=O)c1c(Cl)cccc1Cl. The fourth-order valence-electron chi connectivity index (χ4n) is 2.01. The Labute approximate surface area is 128 Å². The molecule has 1 atom stereocenters. The van der Waals surface area contributed by atoms with E-state index in [2.05, 4.69) is 5.32 Å². The van der Waals surface area contributed by atoms with Gasteiger partial charge in [0.15, 0.2) is 0 Å². The molecule has 0 radical (unpaired) electrons. The van der Waals surface area contributed by atoms with Gasteiger partial charge in [-0.3, -0.25) is 0 Å². The van der Waals surface area contributed by atoms with Crippen molar-refractivity contribution in [1.82, 2.24) is 9.62 Å². The molecule has 1 N–H and O–H groups in total. The van der Waals surface area contributed by atoms with Crippen LogP contribution >= 0.6 is 23.2 Å². The fraction of sp³-hybridized carbons (Fsp3) is 0.500. The lowest BCUT2D eigenvalue weighted by atomic mass is 10.3. The van der Waals surface area contributed by atoms with Crippen LogP contribution in [0, 0.1) is 0 Å². The van der Waals surface area contributed by atoms with Crippen molar-refractivity contribution < 1.29 is 13.2 Å².